The Bertz CT molecular complexity index is 585. The van der Waals surface area contributed by atoms with E-state index >= 15 is 0 Å². The third-order valence-corrected chi connectivity index (χ3v) is 8.09. The first-order valence-electron chi connectivity index (χ1n) is 9.66. The van der Waals surface area contributed by atoms with Crippen LogP contribution < -0.4 is 0 Å². The molecule has 23 heavy (non-hydrogen) atoms. The lowest BCUT2D eigenvalue weighted by Gasteiger charge is -2.63. The van der Waals surface area contributed by atoms with Crippen LogP contribution in [0.25, 0.3) is 0 Å². The predicted molar refractivity (Wildman–Crippen MR) is 99.6 cm³/mol. The van der Waals surface area contributed by atoms with Crippen LogP contribution in [0.2, 0.25) is 0 Å². The molecule has 5 unspecified atom stereocenters. The lowest BCUT2D eigenvalue weighted by Crippen LogP contribution is -2.60. The quantitative estimate of drug-likeness (QED) is 0.331. The van der Waals surface area contributed by atoms with E-state index in [2.05, 4.69) is 38.9 Å². The van der Waals surface area contributed by atoms with Crippen LogP contribution in [0.5, 0.6) is 0 Å². The third-order valence-electron chi connectivity index (χ3n) is 8.00. The summed E-state index contributed by atoms with van der Waals surface area (Å²) >= 11 is 5.11. The molecule has 0 amide bonds. The Hall–Kier alpha value is -0.460. The number of hydrogen-bond acceptors (Lipinski definition) is 2. The van der Waals surface area contributed by atoms with Crippen molar-refractivity contribution < 1.29 is 0 Å². The van der Waals surface area contributed by atoms with E-state index in [0.29, 0.717) is 11.3 Å². The fraction of sp³-hybridized carbons (Fsp3) is 0.857. The van der Waals surface area contributed by atoms with E-state index < -0.39 is 0 Å². The second-order valence-corrected chi connectivity index (χ2v) is 10.1. The average molecular weight is 330 g/mol. The van der Waals surface area contributed by atoms with Crippen molar-refractivity contribution in [3.8, 4) is 0 Å². The van der Waals surface area contributed by atoms with Gasteiger partial charge in [-0.15, -0.1) is 0 Å². The smallest absolute Gasteiger partial charge is 0.0807 e. The molecule has 2 heteroatoms. The molecule has 0 aromatic rings. The molecule has 0 bridgehead atoms. The summed E-state index contributed by atoms with van der Waals surface area (Å²) in [5.74, 6) is 4.73. The maximum atomic E-state index is 5.11. The molecule has 0 aromatic carbocycles. The molecule has 0 spiro atoms. The van der Waals surface area contributed by atoms with Crippen LogP contribution in [0.3, 0.4) is 0 Å². The van der Waals surface area contributed by atoms with Gasteiger partial charge in [0.2, 0.25) is 0 Å². The Balaban J connectivity index is 1.85. The molecular weight excluding hydrogens is 298 g/mol. The Morgan fingerprint density at radius 3 is 2.78 bits per heavy atom. The predicted octanol–water partition coefficient (Wildman–Crippen LogP) is 5.91. The summed E-state index contributed by atoms with van der Waals surface area (Å²) in [6, 6.07) is 0. The average Bonchev–Trinajstić information content (AvgIpc) is 2.47. The van der Waals surface area contributed by atoms with Gasteiger partial charge in [0.1, 0.15) is 0 Å². The van der Waals surface area contributed by atoms with Gasteiger partial charge in [-0.2, -0.15) is 0 Å². The fourth-order valence-electron chi connectivity index (χ4n) is 7.23. The molecule has 0 radical (unpaired) electrons. The molecule has 7 atom stereocenters. The molecule has 0 saturated heterocycles. The summed E-state index contributed by atoms with van der Waals surface area (Å²) in [4.78, 5) is 4.92. The zero-order valence-electron chi connectivity index (χ0n) is 15.1. The van der Waals surface area contributed by atoms with E-state index in [4.69, 9.17) is 17.2 Å². The molecule has 0 aliphatic heterocycles. The first-order chi connectivity index (χ1) is 10.9. The van der Waals surface area contributed by atoms with Crippen LogP contribution in [0.4, 0.5) is 0 Å². The number of isothiocyanates is 1. The van der Waals surface area contributed by atoms with Gasteiger partial charge in [-0.05, 0) is 91.7 Å². The summed E-state index contributed by atoms with van der Waals surface area (Å²) in [5.41, 5.74) is 2.32. The molecule has 4 aliphatic rings. The summed E-state index contributed by atoms with van der Waals surface area (Å²) in [5, 5.41) is 2.82. The molecule has 126 valence electrons. The zero-order valence-corrected chi connectivity index (χ0v) is 16.0. The second-order valence-electron chi connectivity index (χ2n) is 9.89. The van der Waals surface area contributed by atoms with Gasteiger partial charge in [0.25, 0.3) is 0 Å². The van der Waals surface area contributed by atoms with Crippen molar-refractivity contribution in [3.63, 3.8) is 0 Å². The zero-order chi connectivity index (χ0) is 16.4. The number of thiocarbonyl (C=S) groups is 1. The van der Waals surface area contributed by atoms with Gasteiger partial charge in [0.15, 0.2) is 0 Å². The van der Waals surface area contributed by atoms with Crippen molar-refractivity contribution in [1.29, 1.82) is 0 Å². The van der Waals surface area contributed by atoms with Crippen LogP contribution >= 0.6 is 12.2 Å². The van der Waals surface area contributed by atoms with E-state index in [1.165, 1.54) is 32.1 Å². The molecule has 0 heterocycles. The van der Waals surface area contributed by atoms with Crippen molar-refractivity contribution in [3.05, 3.63) is 11.6 Å². The van der Waals surface area contributed by atoms with E-state index in [9.17, 15) is 0 Å². The summed E-state index contributed by atoms with van der Waals surface area (Å²) in [6.07, 6.45) is 10.5. The normalized spacial score (nSPS) is 50.3. The third kappa shape index (κ3) is 2.24. The minimum Gasteiger partial charge on any atom is -0.225 e. The van der Waals surface area contributed by atoms with Crippen molar-refractivity contribution in [2.24, 2.45) is 45.9 Å². The summed E-state index contributed by atoms with van der Waals surface area (Å²) in [7, 11) is 0. The maximum absolute atomic E-state index is 5.11. The maximum Gasteiger partial charge on any atom is 0.0807 e. The topological polar surface area (TPSA) is 12.4 Å². The van der Waals surface area contributed by atoms with Crippen LogP contribution in [-0.2, 0) is 0 Å². The van der Waals surface area contributed by atoms with Crippen molar-refractivity contribution in [1.82, 2.24) is 0 Å². The van der Waals surface area contributed by atoms with Gasteiger partial charge in [0, 0.05) is 0 Å². The molecule has 4 rings (SSSR count). The van der Waals surface area contributed by atoms with Gasteiger partial charge in [-0.3, -0.25) is 0 Å². The number of hydrogen-bond donors (Lipinski definition) is 0. The first kappa shape index (κ1) is 16.0. The largest absolute Gasteiger partial charge is 0.225 e. The Labute approximate surface area is 147 Å². The van der Waals surface area contributed by atoms with Crippen molar-refractivity contribution >= 4 is 17.4 Å². The molecule has 0 aromatic heterocycles. The Morgan fingerprint density at radius 1 is 1.26 bits per heavy atom. The molecule has 3 fully saturated rings. The number of nitrogens with zero attached hydrogens (tertiary/aromatic N) is 1. The molecular formula is C21H31NS. The summed E-state index contributed by atoms with van der Waals surface area (Å²) < 4.78 is 0. The minimum atomic E-state index is 0.0627. The monoisotopic (exact) mass is 329 g/mol. The van der Waals surface area contributed by atoms with E-state index in [-0.39, 0.29) is 5.54 Å². The number of allylic oxidation sites excluding steroid dienone is 1. The molecule has 0 N–H and O–H groups in total. The van der Waals surface area contributed by atoms with Crippen LogP contribution in [-0.4, -0.2) is 10.7 Å². The lowest BCUT2D eigenvalue weighted by molar-refractivity contribution is -0.0742. The lowest BCUT2D eigenvalue weighted by atomic mass is 9.43. The summed E-state index contributed by atoms with van der Waals surface area (Å²) in [6.45, 7) is 9.89. The highest BCUT2D eigenvalue weighted by Gasteiger charge is 2.61. The fourth-order valence-corrected chi connectivity index (χ4v) is 7.40. The van der Waals surface area contributed by atoms with Gasteiger partial charge in [0.05, 0.1) is 10.7 Å². The van der Waals surface area contributed by atoms with Crippen molar-refractivity contribution in [2.75, 3.05) is 0 Å². The first-order valence-corrected chi connectivity index (χ1v) is 10.1. The van der Waals surface area contributed by atoms with Crippen LogP contribution in [0.1, 0.15) is 66.2 Å². The van der Waals surface area contributed by atoms with Gasteiger partial charge < -0.3 is 0 Å². The van der Waals surface area contributed by atoms with E-state index in [0.717, 1.165) is 36.0 Å². The minimum absolute atomic E-state index is 0.0627. The highest BCUT2D eigenvalue weighted by molar-refractivity contribution is 7.78. The van der Waals surface area contributed by atoms with Gasteiger partial charge >= 0.3 is 0 Å². The van der Waals surface area contributed by atoms with Crippen LogP contribution in [0, 0.1) is 40.9 Å². The standard InChI is InChI=1S/C21H31NS/c1-13-9-16-11-20(3,4)10-15-7-8-21(22-12-23)14(2)5-6-17(13)19(21)18(15)16/h7,13-14,16-19H,5-6,8-11H2,1-4H3/t13?,14?,16-,17?,18?,19-,21?/m0/s1. The Morgan fingerprint density at radius 2 is 2.04 bits per heavy atom. The van der Waals surface area contributed by atoms with Gasteiger partial charge in [-0.1, -0.05) is 39.3 Å². The van der Waals surface area contributed by atoms with Crippen LogP contribution in [0.15, 0.2) is 16.6 Å². The van der Waals surface area contributed by atoms with E-state index in [1.807, 2.05) is 0 Å². The van der Waals surface area contributed by atoms with Gasteiger partial charge in [-0.25, -0.2) is 4.99 Å². The van der Waals surface area contributed by atoms with E-state index in [1.54, 1.807) is 5.57 Å². The molecule has 3 saturated carbocycles. The SMILES string of the molecule is CC1C[C@H]2CC(C)(C)CC3=CCC4(N=C=S)C(C)CCC1[C@H]4C32. The van der Waals surface area contributed by atoms with Crippen molar-refractivity contribution in [2.45, 2.75) is 71.8 Å². The highest BCUT2D eigenvalue weighted by atomic mass is 32.1. The highest BCUT2D eigenvalue weighted by Crippen LogP contribution is 2.65. The number of aliphatic imine (C=N–C) groups is 1. The second kappa shape index (κ2) is 5.27. The molecule has 1 nitrogen and oxygen atoms in total. The Kier molecular flexibility index (Phi) is 3.67. The number of rotatable bonds is 1. The molecule has 4 aliphatic carbocycles.